The molecule has 128 valence electrons. The molecule has 0 spiro atoms. The Morgan fingerprint density at radius 3 is 2.59 bits per heavy atom. The monoisotopic (exact) mass is 311 g/mol. The molecule has 0 aromatic heterocycles. The highest BCUT2D eigenvalue weighted by Gasteiger charge is 2.33. The topological polar surface area (TPSA) is 67.6 Å². The van der Waals surface area contributed by atoms with Gasteiger partial charge in [-0.1, -0.05) is 19.3 Å². The van der Waals surface area contributed by atoms with Crippen LogP contribution in [0.4, 0.5) is 4.79 Å². The maximum Gasteiger partial charge on any atom is 0.407 e. The van der Waals surface area contributed by atoms with Crippen LogP contribution in [0.2, 0.25) is 0 Å². The van der Waals surface area contributed by atoms with Gasteiger partial charge in [-0.15, -0.1) is 0 Å². The summed E-state index contributed by atoms with van der Waals surface area (Å²) in [4.78, 5) is 14.3. The summed E-state index contributed by atoms with van der Waals surface area (Å²) in [6, 6.07) is 0.218. The minimum absolute atomic E-state index is 0.218. The van der Waals surface area contributed by atoms with Gasteiger partial charge in [0.25, 0.3) is 0 Å². The Hall–Kier alpha value is -0.810. The quantitative estimate of drug-likeness (QED) is 0.836. The van der Waals surface area contributed by atoms with Crippen LogP contribution in [0.5, 0.6) is 0 Å². The molecular formula is C17H33N3O2. The molecule has 1 amide bonds. The number of carbonyl (C=O) groups excluding carboxylic acids is 1. The number of hydrogen-bond acceptors (Lipinski definition) is 4. The zero-order chi connectivity index (χ0) is 16.2. The third-order valence-electron chi connectivity index (χ3n) is 4.99. The van der Waals surface area contributed by atoms with Gasteiger partial charge in [0.1, 0.15) is 5.60 Å². The molecule has 0 aromatic carbocycles. The standard InChI is InChI=1S/C17H33N3O2/c1-17(2,3)22-16(21)19-11-15(10-18)20-9-8-13-6-4-5-7-14(13)12-20/h13-15H,4-12,18H2,1-3H3,(H,19,21). The molecule has 3 atom stereocenters. The lowest BCUT2D eigenvalue weighted by molar-refractivity contribution is 0.0429. The highest BCUT2D eigenvalue weighted by Crippen LogP contribution is 2.36. The highest BCUT2D eigenvalue weighted by molar-refractivity contribution is 5.67. The number of alkyl carbamates (subject to hydrolysis) is 1. The van der Waals surface area contributed by atoms with Crippen molar-refractivity contribution < 1.29 is 9.53 Å². The van der Waals surface area contributed by atoms with Crippen LogP contribution in [0.15, 0.2) is 0 Å². The first-order chi connectivity index (χ1) is 10.4. The van der Waals surface area contributed by atoms with Crippen molar-refractivity contribution in [3.63, 3.8) is 0 Å². The minimum Gasteiger partial charge on any atom is -0.444 e. The number of likely N-dealkylation sites (tertiary alicyclic amines) is 1. The van der Waals surface area contributed by atoms with Gasteiger partial charge in [0.05, 0.1) is 0 Å². The van der Waals surface area contributed by atoms with E-state index in [0.29, 0.717) is 13.1 Å². The van der Waals surface area contributed by atoms with Gasteiger partial charge in [0.2, 0.25) is 0 Å². The van der Waals surface area contributed by atoms with Crippen LogP contribution in [-0.2, 0) is 4.74 Å². The number of nitrogens with one attached hydrogen (secondary N) is 1. The SMILES string of the molecule is CC(C)(C)OC(=O)NCC(CN)N1CCC2CCCCC2C1. The number of hydrogen-bond donors (Lipinski definition) is 2. The molecule has 22 heavy (non-hydrogen) atoms. The van der Waals surface area contributed by atoms with Crippen LogP contribution in [0, 0.1) is 11.8 Å². The summed E-state index contributed by atoms with van der Waals surface area (Å²) in [6.45, 7) is 9.03. The fraction of sp³-hybridized carbons (Fsp3) is 0.941. The lowest BCUT2D eigenvalue weighted by Crippen LogP contribution is -2.53. The summed E-state index contributed by atoms with van der Waals surface area (Å²) < 4.78 is 5.30. The second-order valence-corrected chi connectivity index (χ2v) is 7.86. The van der Waals surface area contributed by atoms with E-state index in [4.69, 9.17) is 10.5 Å². The first-order valence-electron chi connectivity index (χ1n) is 8.80. The molecular weight excluding hydrogens is 278 g/mol. The number of carbonyl (C=O) groups is 1. The zero-order valence-electron chi connectivity index (χ0n) is 14.4. The van der Waals surface area contributed by atoms with Crippen LogP contribution in [0.1, 0.15) is 52.9 Å². The Balaban J connectivity index is 1.80. The van der Waals surface area contributed by atoms with Gasteiger partial charge in [-0.2, -0.15) is 0 Å². The van der Waals surface area contributed by atoms with E-state index < -0.39 is 5.60 Å². The third-order valence-corrected chi connectivity index (χ3v) is 4.99. The smallest absolute Gasteiger partial charge is 0.407 e. The summed E-state index contributed by atoms with van der Waals surface area (Å²) in [7, 11) is 0. The van der Waals surface area contributed by atoms with E-state index in [9.17, 15) is 4.79 Å². The molecule has 2 rings (SSSR count). The lowest BCUT2D eigenvalue weighted by Gasteiger charge is -2.44. The molecule has 2 aliphatic rings. The number of amides is 1. The maximum absolute atomic E-state index is 11.8. The van der Waals surface area contributed by atoms with Crippen molar-refractivity contribution in [1.82, 2.24) is 10.2 Å². The fourth-order valence-corrected chi connectivity index (χ4v) is 3.84. The molecule has 1 aliphatic heterocycles. The predicted octanol–water partition coefficient (Wildman–Crippen LogP) is 2.35. The van der Waals surface area contributed by atoms with Crippen LogP contribution < -0.4 is 11.1 Å². The van der Waals surface area contributed by atoms with Gasteiger partial charge in [0, 0.05) is 25.7 Å². The molecule has 1 saturated heterocycles. The van der Waals surface area contributed by atoms with Crippen LogP contribution in [-0.4, -0.2) is 48.8 Å². The van der Waals surface area contributed by atoms with E-state index in [1.807, 2.05) is 20.8 Å². The Morgan fingerprint density at radius 2 is 1.95 bits per heavy atom. The summed E-state index contributed by atoms with van der Waals surface area (Å²) in [6.07, 6.45) is 6.48. The van der Waals surface area contributed by atoms with Gasteiger partial charge in [-0.25, -0.2) is 4.79 Å². The van der Waals surface area contributed by atoms with Crippen molar-refractivity contribution in [2.75, 3.05) is 26.2 Å². The first kappa shape index (κ1) is 17.5. The highest BCUT2D eigenvalue weighted by atomic mass is 16.6. The summed E-state index contributed by atoms with van der Waals surface area (Å²) in [5.74, 6) is 1.75. The summed E-state index contributed by atoms with van der Waals surface area (Å²) in [5.41, 5.74) is 5.50. The van der Waals surface area contributed by atoms with E-state index in [1.54, 1.807) is 0 Å². The van der Waals surface area contributed by atoms with Crippen molar-refractivity contribution in [1.29, 1.82) is 0 Å². The van der Waals surface area contributed by atoms with Gasteiger partial charge >= 0.3 is 6.09 Å². The van der Waals surface area contributed by atoms with Gasteiger partial charge in [0.15, 0.2) is 0 Å². The van der Waals surface area contributed by atoms with Crippen molar-refractivity contribution in [2.24, 2.45) is 17.6 Å². The molecule has 0 bridgehead atoms. The molecule has 5 nitrogen and oxygen atoms in total. The third kappa shape index (κ3) is 5.13. The maximum atomic E-state index is 11.8. The Kier molecular flexibility index (Phi) is 6.09. The van der Waals surface area contributed by atoms with Crippen LogP contribution in [0.3, 0.4) is 0 Å². The molecule has 3 unspecified atom stereocenters. The average Bonchev–Trinajstić information content (AvgIpc) is 2.46. The first-order valence-corrected chi connectivity index (χ1v) is 8.80. The van der Waals surface area contributed by atoms with Gasteiger partial charge in [-0.3, -0.25) is 4.90 Å². The second-order valence-electron chi connectivity index (χ2n) is 7.86. The molecule has 5 heteroatoms. The van der Waals surface area contributed by atoms with E-state index in [0.717, 1.165) is 24.9 Å². The van der Waals surface area contributed by atoms with Crippen molar-refractivity contribution in [2.45, 2.75) is 64.5 Å². The van der Waals surface area contributed by atoms with E-state index >= 15 is 0 Å². The van der Waals surface area contributed by atoms with Crippen molar-refractivity contribution >= 4 is 6.09 Å². The number of rotatable bonds is 4. The van der Waals surface area contributed by atoms with E-state index in [-0.39, 0.29) is 12.1 Å². The average molecular weight is 311 g/mol. The van der Waals surface area contributed by atoms with Crippen molar-refractivity contribution in [3.05, 3.63) is 0 Å². The van der Waals surface area contributed by atoms with Gasteiger partial charge < -0.3 is 15.8 Å². The number of fused-ring (bicyclic) bond motifs is 1. The number of piperidine rings is 1. The Morgan fingerprint density at radius 1 is 1.27 bits per heavy atom. The fourth-order valence-electron chi connectivity index (χ4n) is 3.84. The van der Waals surface area contributed by atoms with Gasteiger partial charge in [-0.05, 0) is 52.0 Å². The zero-order valence-corrected chi connectivity index (χ0v) is 14.4. The lowest BCUT2D eigenvalue weighted by atomic mass is 9.75. The van der Waals surface area contributed by atoms with Crippen LogP contribution >= 0.6 is 0 Å². The molecule has 0 radical (unpaired) electrons. The largest absolute Gasteiger partial charge is 0.444 e. The molecule has 2 fully saturated rings. The van der Waals surface area contributed by atoms with E-state index in [2.05, 4.69) is 10.2 Å². The molecule has 1 heterocycles. The molecule has 1 aliphatic carbocycles. The molecule has 0 aromatic rings. The number of nitrogens with two attached hydrogens (primary N) is 1. The Bertz CT molecular complexity index is 367. The normalized spacial score (nSPS) is 27.8. The number of ether oxygens (including phenoxy) is 1. The predicted molar refractivity (Wildman–Crippen MR) is 88.7 cm³/mol. The van der Waals surface area contributed by atoms with E-state index in [1.165, 1.54) is 32.1 Å². The Labute approximate surface area is 134 Å². The molecule has 3 N–H and O–H groups in total. The van der Waals surface area contributed by atoms with Crippen molar-refractivity contribution in [3.8, 4) is 0 Å². The minimum atomic E-state index is -0.456. The second kappa shape index (κ2) is 7.64. The summed E-state index contributed by atoms with van der Waals surface area (Å²) in [5, 5.41) is 2.88. The van der Waals surface area contributed by atoms with Crippen LogP contribution in [0.25, 0.3) is 0 Å². The number of nitrogens with zero attached hydrogens (tertiary/aromatic N) is 1. The summed E-state index contributed by atoms with van der Waals surface area (Å²) >= 11 is 0. The molecule has 1 saturated carbocycles.